The van der Waals surface area contributed by atoms with Gasteiger partial charge in [0, 0.05) is 19.3 Å². The first kappa shape index (κ1) is 21.5. The van der Waals surface area contributed by atoms with E-state index in [-0.39, 0.29) is 11.7 Å². The molecule has 3 rings (SSSR count). The third-order valence-corrected chi connectivity index (χ3v) is 6.96. The van der Waals surface area contributed by atoms with Crippen LogP contribution in [0.3, 0.4) is 0 Å². The Kier molecular flexibility index (Phi) is 6.16. The van der Waals surface area contributed by atoms with Gasteiger partial charge in [-0.25, -0.2) is 18.4 Å². The van der Waals surface area contributed by atoms with Crippen LogP contribution >= 0.6 is 0 Å². The number of rotatable bonds is 6. The fourth-order valence-electron chi connectivity index (χ4n) is 3.94. The zero-order valence-corrected chi connectivity index (χ0v) is 18.3. The predicted molar refractivity (Wildman–Crippen MR) is 112 cm³/mol. The maximum atomic E-state index is 12.5. The number of piperidine rings is 1. The molecule has 1 aliphatic heterocycles. The zero-order chi connectivity index (χ0) is 21.2. The lowest BCUT2D eigenvalue weighted by atomic mass is 9.86. The van der Waals surface area contributed by atoms with Crippen molar-refractivity contribution in [2.24, 2.45) is 11.8 Å². The second kappa shape index (κ2) is 8.30. The molecule has 0 spiro atoms. The third kappa shape index (κ3) is 5.68. The third-order valence-electron chi connectivity index (χ3n) is 5.25. The molecule has 0 radical (unpaired) electrons. The largest absolute Gasteiger partial charge is 0.459 e. The highest BCUT2D eigenvalue weighted by Crippen LogP contribution is 2.30. The molecule has 0 aromatic carbocycles. The standard InChI is InChI=1S/C20H30N4O4S/c1-14(11-29(26,27)12-17(25)28-20(2,3)4)15-6-9-24(10-7-15)19-16-5-8-21-18(16)22-13-23-19/h5,8,13-15H,6-7,9-12H2,1-4H3,(H,21,22,23). The minimum absolute atomic E-state index is 0.00642. The number of carbonyl (C=O) groups excluding carboxylic acids is 1. The molecule has 0 aliphatic carbocycles. The maximum absolute atomic E-state index is 12.5. The minimum atomic E-state index is -3.50. The number of esters is 1. The van der Waals surface area contributed by atoms with Gasteiger partial charge in [-0.2, -0.15) is 0 Å². The van der Waals surface area contributed by atoms with Crippen molar-refractivity contribution in [1.29, 1.82) is 0 Å². The summed E-state index contributed by atoms with van der Waals surface area (Å²) < 4.78 is 30.1. The van der Waals surface area contributed by atoms with E-state index in [1.54, 1.807) is 27.1 Å². The van der Waals surface area contributed by atoms with Crippen molar-refractivity contribution in [1.82, 2.24) is 15.0 Å². The predicted octanol–water partition coefficient (Wildman–Crippen LogP) is 2.57. The molecule has 2 aromatic heterocycles. The molecule has 3 heterocycles. The molecule has 1 unspecified atom stereocenters. The number of sulfone groups is 1. The van der Waals surface area contributed by atoms with Gasteiger partial charge < -0.3 is 14.6 Å². The van der Waals surface area contributed by atoms with Crippen molar-refractivity contribution in [3.63, 3.8) is 0 Å². The van der Waals surface area contributed by atoms with E-state index in [0.717, 1.165) is 42.8 Å². The number of aromatic nitrogens is 3. The summed E-state index contributed by atoms with van der Waals surface area (Å²) in [5, 5.41) is 0.999. The fourth-order valence-corrected chi connectivity index (χ4v) is 5.55. The zero-order valence-electron chi connectivity index (χ0n) is 17.5. The van der Waals surface area contributed by atoms with Crippen LogP contribution in [0.25, 0.3) is 11.0 Å². The molecule has 1 saturated heterocycles. The normalized spacial score (nSPS) is 17.4. The molecular weight excluding hydrogens is 392 g/mol. The van der Waals surface area contributed by atoms with E-state index in [1.807, 2.05) is 19.2 Å². The van der Waals surface area contributed by atoms with Crippen LogP contribution in [0.1, 0.15) is 40.5 Å². The summed E-state index contributed by atoms with van der Waals surface area (Å²) in [5.41, 5.74) is 0.135. The van der Waals surface area contributed by atoms with Gasteiger partial charge in [-0.05, 0) is 51.5 Å². The number of anilines is 1. The van der Waals surface area contributed by atoms with E-state index in [9.17, 15) is 13.2 Å². The molecule has 0 saturated carbocycles. The minimum Gasteiger partial charge on any atom is -0.459 e. The van der Waals surface area contributed by atoms with Crippen LogP contribution in [0.15, 0.2) is 18.6 Å². The number of nitrogens with zero attached hydrogens (tertiary/aromatic N) is 3. The Balaban J connectivity index is 1.55. The molecule has 0 bridgehead atoms. The van der Waals surface area contributed by atoms with Gasteiger partial charge in [-0.1, -0.05) is 6.92 Å². The molecule has 2 aromatic rings. The van der Waals surface area contributed by atoms with Gasteiger partial charge in [0.15, 0.2) is 9.84 Å². The number of ether oxygens (including phenoxy) is 1. The molecule has 1 N–H and O–H groups in total. The second-order valence-corrected chi connectivity index (χ2v) is 11.0. The number of carbonyl (C=O) groups is 1. The SMILES string of the molecule is CC(CS(=O)(=O)CC(=O)OC(C)(C)C)C1CCN(c2ncnc3[nH]ccc23)CC1. The highest BCUT2D eigenvalue weighted by atomic mass is 32.2. The first-order valence-corrected chi connectivity index (χ1v) is 11.8. The Hall–Kier alpha value is -2.16. The van der Waals surface area contributed by atoms with Crippen molar-refractivity contribution < 1.29 is 17.9 Å². The highest BCUT2D eigenvalue weighted by Gasteiger charge is 2.30. The number of hydrogen-bond donors (Lipinski definition) is 1. The van der Waals surface area contributed by atoms with Gasteiger partial charge in [0.2, 0.25) is 0 Å². The summed E-state index contributed by atoms with van der Waals surface area (Å²) in [6.07, 6.45) is 5.19. The van der Waals surface area contributed by atoms with Crippen molar-refractivity contribution in [3.05, 3.63) is 18.6 Å². The Morgan fingerprint density at radius 2 is 2.00 bits per heavy atom. The molecule has 0 amide bonds. The molecule has 1 fully saturated rings. The van der Waals surface area contributed by atoms with Crippen LogP contribution < -0.4 is 4.90 Å². The van der Waals surface area contributed by atoms with Gasteiger partial charge in [0.25, 0.3) is 0 Å². The lowest BCUT2D eigenvalue weighted by Crippen LogP contribution is -2.38. The van der Waals surface area contributed by atoms with Crippen LogP contribution in [-0.4, -0.2) is 59.5 Å². The number of H-pyrrole nitrogens is 1. The van der Waals surface area contributed by atoms with Gasteiger partial charge in [0.05, 0.1) is 11.1 Å². The molecule has 1 atom stereocenters. The lowest BCUT2D eigenvalue weighted by molar-refractivity contribution is -0.151. The first-order valence-electron chi connectivity index (χ1n) is 9.99. The molecule has 8 nitrogen and oxygen atoms in total. The maximum Gasteiger partial charge on any atom is 0.321 e. The topological polar surface area (TPSA) is 105 Å². The van der Waals surface area contributed by atoms with E-state index in [1.165, 1.54) is 0 Å². The summed E-state index contributed by atoms with van der Waals surface area (Å²) in [6, 6.07) is 1.97. The van der Waals surface area contributed by atoms with Crippen LogP contribution in [0.2, 0.25) is 0 Å². The van der Waals surface area contributed by atoms with Crippen LogP contribution in [0.5, 0.6) is 0 Å². The Morgan fingerprint density at radius 1 is 1.31 bits per heavy atom. The first-order chi connectivity index (χ1) is 13.5. The van der Waals surface area contributed by atoms with E-state index in [0.29, 0.717) is 5.92 Å². The molecule has 29 heavy (non-hydrogen) atoms. The molecule has 9 heteroatoms. The van der Waals surface area contributed by atoms with E-state index >= 15 is 0 Å². The monoisotopic (exact) mass is 422 g/mol. The average molecular weight is 423 g/mol. The highest BCUT2D eigenvalue weighted by molar-refractivity contribution is 7.92. The molecule has 1 aliphatic rings. The van der Waals surface area contributed by atoms with Crippen LogP contribution in [0.4, 0.5) is 5.82 Å². The van der Waals surface area contributed by atoms with Gasteiger partial charge >= 0.3 is 5.97 Å². The summed E-state index contributed by atoms with van der Waals surface area (Å²) in [4.78, 5) is 25.9. The Morgan fingerprint density at radius 3 is 2.66 bits per heavy atom. The number of nitrogens with one attached hydrogen (secondary N) is 1. The Labute approximate surface area is 172 Å². The summed E-state index contributed by atoms with van der Waals surface area (Å²) in [5.74, 6) is -0.0315. The number of hydrogen-bond acceptors (Lipinski definition) is 7. The number of aromatic amines is 1. The smallest absolute Gasteiger partial charge is 0.321 e. The van der Waals surface area contributed by atoms with Gasteiger partial charge in [-0.15, -0.1) is 0 Å². The second-order valence-electron chi connectivity index (χ2n) is 8.88. The lowest BCUT2D eigenvalue weighted by Gasteiger charge is -2.35. The summed E-state index contributed by atoms with van der Waals surface area (Å²) in [7, 11) is -3.50. The van der Waals surface area contributed by atoms with E-state index in [4.69, 9.17) is 4.74 Å². The van der Waals surface area contributed by atoms with Crippen LogP contribution in [0, 0.1) is 11.8 Å². The number of fused-ring (bicyclic) bond motifs is 1. The van der Waals surface area contributed by atoms with Crippen molar-refractivity contribution >= 4 is 32.7 Å². The summed E-state index contributed by atoms with van der Waals surface area (Å²) >= 11 is 0. The van der Waals surface area contributed by atoms with Gasteiger partial charge in [0.1, 0.15) is 29.1 Å². The van der Waals surface area contributed by atoms with E-state index in [2.05, 4.69) is 19.9 Å². The average Bonchev–Trinajstić information content (AvgIpc) is 3.07. The van der Waals surface area contributed by atoms with Crippen molar-refractivity contribution in [2.75, 3.05) is 29.5 Å². The van der Waals surface area contributed by atoms with E-state index < -0.39 is 27.2 Å². The Bertz CT molecular complexity index is 956. The van der Waals surface area contributed by atoms with Gasteiger partial charge in [-0.3, -0.25) is 4.79 Å². The van der Waals surface area contributed by atoms with Crippen molar-refractivity contribution in [2.45, 2.75) is 46.1 Å². The van der Waals surface area contributed by atoms with Crippen molar-refractivity contribution in [3.8, 4) is 0 Å². The fraction of sp³-hybridized carbons (Fsp3) is 0.650. The quantitative estimate of drug-likeness (QED) is 0.713. The molecular formula is C20H30N4O4S. The molecule has 160 valence electrons. The van der Waals surface area contributed by atoms with Crippen LogP contribution in [-0.2, 0) is 19.4 Å². The summed E-state index contributed by atoms with van der Waals surface area (Å²) in [6.45, 7) is 8.78.